The van der Waals surface area contributed by atoms with Gasteiger partial charge in [0.2, 0.25) is 0 Å². The Bertz CT molecular complexity index is 406. The summed E-state index contributed by atoms with van der Waals surface area (Å²) >= 11 is 0. The lowest BCUT2D eigenvalue weighted by Crippen LogP contribution is -2.28. The van der Waals surface area contributed by atoms with Crippen molar-refractivity contribution in [1.82, 2.24) is 0 Å². The highest BCUT2D eigenvalue weighted by Gasteiger charge is 2.12. The van der Waals surface area contributed by atoms with E-state index in [1.807, 2.05) is 42.6 Å². The number of aliphatic hydroxyl groups excluding tert-OH is 1. The number of allylic oxidation sites excluding steroid dienone is 2. The lowest BCUT2D eigenvalue weighted by atomic mass is 10.1. The van der Waals surface area contributed by atoms with Crippen molar-refractivity contribution < 1.29 is 5.11 Å². The predicted molar refractivity (Wildman–Crippen MR) is 67.2 cm³/mol. The first-order valence-corrected chi connectivity index (χ1v) is 5.38. The van der Waals surface area contributed by atoms with E-state index in [4.69, 9.17) is 5.11 Å². The van der Waals surface area contributed by atoms with Crippen LogP contribution in [0.1, 0.15) is 0 Å². The Kier molecular flexibility index (Phi) is 3.57. The fourth-order valence-electron chi connectivity index (χ4n) is 1.73. The number of hydrogen-bond acceptors (Lipinski definition) is 2. The molecule has 1 aliphatic rings. The molecule has 0 saturated carbocycles. The number of anilines is 1. The first-order valence-electron chi connectivity index (χ1n) is 5.38. The van der Waals surface area contributed by atoms with Gasteiger partial charge in [-0.25, -0.2) is 0 Å². The molecule has 0 bridgehead atoms. The standard InChI is InChI=1S/C14H15NO/c16-12-6-10-14-9-4-5-11-15(14)13-7-2-1-3-8-13/h1-11,14,16H,12H2. The van der Waals surface area contributed by atoms with Gasteiger partial charge in [0.05, 0.1) is 12.6 Å². The molecule has 82 valence electrons. The van der Waals surface area contributed by atoms with Crippen LogP contribution in [0.15, 0.2) is 66.9 Å². The molecule has 16 heavy (non-hydrogen) atoms. The molecule has 2 nitrogen and oxygen atoms in total. The van der Waals surface area contributed by atoms with Crippen LogP contribution in [0, 0.1) is 0 Å². The number of benzene rings is 1. The SMILES string of the molecule is OCC=CC1C=CC=CN1c1ccccc1. The first-order chi connectivity index (χ1) is 7.92. The van der Waals surface area contributed by atoms with E-state index in [-0.39, 0.29) is 12.6 Å². The van der Waals surface area contributed by atoms with E-state index >= 15 is 0 Å². The Morgan fingerprint density at radius 1 is 1.19 bits per heavy atom. The third-order valence-corrected chi connectivity index (χ3v) is 2.48. The van der Waals surface area contributed by atoms with Crippen LogP contribution in [0.5, 0.6) is 0 Å². The van der Waals surface area contributed by atoms with Gasteiger partial charge in [-0.05, 0) is 18.2 Å². The summed E-state index contributed by atoms with van der Waals surface area (Å²) in [6, 6.07) is 10.4. The van der Waals surface area contributed by atoms with Gasteiger partial charge in [-0.1, -0.05) is 42.5 Å². The van der Waals surface area contributed by atoms with Crippen molar-refractivity contribution >= 4 is 5.69 Å². The molecule has 1 N–H and O–H groups in total. The lowest BCUT2D eigenvalue weighted by molar-refractivity contribution is 0.342. The molecule has 1 heterocycles. The van der Waals surface area contributed by atoms with E-state index in [0.29, 0.717) is 0 Å². The van der Waals surface area contributed by atoms with Gasteiger partial charge in [-0.3, -0.25) is 0 Å². The zero-order chi connectivity index (χ0) is 11.2. The average Bonchev–Trinajstić information content (AvgIpc) is 2.38. The van der Waals surface area contributed by atoms with Crippen LogP contribution in [-0.2, 0) is 0 Å². The summed E-state index contributed by atoms with van der Waals surface area (Å²) in [7, 11) is 0. The molecule has 0 amide bonds. The summed E-state index contributed by atoms with van der Waals surface area (Å²) in [6.45, 7) is 0.0800. The van der Waals surface area contributed by atoms with Crippen LogP contribution in [-0.4, -0.2) is 17.8 Å². The van der Waals surface area contributed by atoms with Crippen LogP contribution >= 0.6 is 0 Å². The van der Waals surface area contributed by atoms with E-state index in [1.165, 1.54) is 0 Å². The van der Waals surface area contributed by atoms with Gasteiger partial charge < -0.3 is 10.0 Å². The molecular formula is C14H15NO. The summed E-state index contributed by atoms with van der Waals surface area (Å²) in [5, 5.41) is 8.81. The van der Waals surface area contributed by atoms with Crippen molar-refractivity contribution in [2.45, 2.75) is 6.04 Å². The molecule has 0 radical (unpaired) electrons. The highest BCUT2D eigenvalue weighted by Crippen LogP contribution is 2.20. The molecule has 1 aromatic carbocycles. The second-order valence-corrected chi connectivity index (χ2v) is 3.57. The molecule has 0 aliphatic carbocycles. The number of para-hydroxylation sites is 1. The van der Waals surface area contributed by atoms with Crippen LogP contribution in [0.25, 0.3) is 0 Å². The largest absolute Gasteiger partial charge is 0.392 e. The number of rotatable bonds is 3. The molecule has 1 atom stereocenters. The minimum absolute atomic E-state index is 0.0800. The van der Waals surface area contributed by atoms with Crippen LogP contribution in [0.4, 0.5) is 5.69 Å². The van der Waals surface area contributed by atoms with Gasteiger partial charge in [-0.2, -0.15) is 0 Å². The van der Waals surface area contributed by atoms with Crippen molar-refractivity contribution in [3.8, 4) is 0 Å². The van der Waals surface area contributed by atoms with Crippen molar-refractivity contribution in [3.63, 3.8) is 0 Å². The second-order valence-electron chi connectivity index (χ2n) is 3.57. The van der Waals surface area contributed by atoms with Gasteiger partial charge in [0.25, 0.3) is 0 Å². The summed E-state index contributed by atoms with van der Waals surface area (Å²) in [4.78, 5) is 2.16. The quantitative estimate of drug-likeness (QED) is 0.780. The van der Waals surface area contributed by atoms with Crippen LogP contribution < -0.4 is 4.90 Å². The molecule has 2 rings (SSSR count). The number of hydrogen-bond donors (Lipinski definition) is 1. The summed E-state index contributed by atoms with van der Waals surface area (Å²) in [5.41, 5.74) is 1.15. The molecule has 0 saturated heterocycles. The predicted octanol–water partition coefficient (Wildman–Crippen LogP) is 2.49. The van der Waals surface area contributed by atoms with E-state index in [2.05, 4.69) is 23.1 Å². The van der Waals surface area contributed by atoms with Gasteiger partial charge in [0, 0.05) is 11.9 Å². The molecule has 1 aromatic rings. The van der Waals surface area contributed by atoms with Crippen molar-refractivity contribution in [1.29, 1.82) is 0 Å². The van der Waals surface area contributed by atoms with E-state index in [9.17, 15) is 0 Å². The van der Waals surface area contributed by atoms with Gasteiger partial charge in [0.1, 0.15) is 0 Å². The van der Waals surface area contributed by atoms with Crippen molar-refractivity contribution in [2.24, 2.45) is 0 Å². The minimum Gasteiger partial charge on any atom is -0.392 e. The molecule has 0 spiro atoms. The molecule has 2 heteroatoms. The smallest absolute Gasteiger partial charge is 0.0704 e. The van der Waals surface area contributed by atoms with Crippen LogP contribution in [0.2, 0.25) is 0 Å². The molecular weight excluding hydrogens is 198 g/mol. The van der Waals surface area contributed by atoms with E-state index in [0.717, 1.165) is 5.69 Å². The third-order valence-electron chi connectivity index (χ3n) is 2.48. The zero-order valence-corrected chi connectivity index (χ0v) is 9.03. The number of nitrogens with zero attached hydrogens (tertiary/aromatic N) is 1. The molecule has 0 fully saturated rings. The molecule has 1 unspecified atom stereocenters. The van der Waals surface area contributed by atoms with Gasteiger partial charge >= 0.3 is 0 Å². The Hall–Kier alpha value is -1.80. The Balaban J connectivity index is 2.22. The topological polar surface area (TPSA) is 23.5 Å². The van der Waals surface area contributed by atoms with Crippen molar-refractivity contribution in [3.05, 3.63) is 66.9 Å². The third kappa shape index (κ3) is 2.41. The van der Waals surface area contributed by atoms with E-state index < -0.39 is 0 Å². The fraction of sp³-hybridized carbons (Fsp3) is 0.143. The highest BCUT2D eigenvalue weighted by atomic mass is 16.2. The van der Waals surface area contributed by atoms with Crippen LogP contribution in [0.3, 0.4) is 0 Å². The minimum atomic E-state index is 0.0800. The monoisotopic (exact) mass is 213 g/mol. The van der Waals surface area contributed by atoms with Gasteiger partial charge in [-0.15, -0.1) is 0 Å². The summed E-state index contributed by atoms with van der Waals surface area (Å²) in [5.74, 6) is 0. The maximum absolute atomic E-state index is 8.81. The lowest BCUT2D eigenvalue weighted by Gasteiger charge is -2.28. The average molecular weight is 213 g/mol. The number of aliphatic hydroxyl groups is 1. The Morgan fingerprint density at radius 3 is 2.75 bits per heavy atom. The van der Waals surface area contributed by atoms with Crippen molar-refractivity contribution in [2.75, 3.05) is 11.5 Å². The first kappa shape index (κ1) is 10.7. The zero-order valence-electron chi connectivity index (χ0n) is 9.03. The summed E-state index contributed by atoms with van der Waals surface area (Å²) in [6.07, 6.45) is 11.9. The van der Waals surface area contributed by atoms with Gasteiger partial charge in [0.15, 0.2) is 0 Å². The van der Waals surface area contributed by atoms with E-state index in [1.54, 1.807) is 6.08 Å². The normalized spacial score (nSPS) is 19.6. The fourth-order valence-corrected chi connectivity index (χ4v) is 1.73. The highest BCUT2D eigenvalue weighted by molar-refractivity contribution is 5.54. The second kappa shape index (κ2) is 5.33. The Labute approximate surface area is 95.8 Å². The maximum atomic E-state index is 8.81. The Morgan fingerprint density at radius 2 is 2.00 bits per heavy atom. The maximum Gasteiger partial charge on any atom is 0.0704 e. The molecule has 0 aromatic heterocycles. The molecule has 1 aliphatic heterocycles. The summed E-state index contributed by atoms with van der Waals surface area (Å²) < 4.78 is 0.